The number of likely N-dealkylation sites (N-methyl/N-ethyl adjacent to an activating group) is 1. The number of rotatable bonds is 3. The fourth-order valence-corrected chi connectivity index (χ4v) is 3.79. The van der Waals surface area contributed by atoms with E-state index >= 15 is 0 Å². The summed E-state index contributed by atoms with van der Waals surface area (Å²) in [5.41, 5.74) is 6.52. The van der Waals surface area contributed by atoms with Crippen LogP contribution in [0.3, 0.4) is 0 Å². The molecule has 0 aromatic carbocycles. The van der Waals surface area contributed by atoms with Crippen molar-refractivity contribution in [1.82, 2.24) is 9.80 Å². The van der Waals surface area contributed by atoms with E-state index in [1.54, 1.807) is 0 Å². The Morgan fingerprint density at radius 3 is 2.44 bits per heavy atom. The first-order valence-corrected chi connectivity index (χ1v) is 7.84. The molecule has 0 amide bonds. The van der Waals surface area contributed by atoms with Crippen LogP contribution >= 0.6 is 0 Å². The first-order chi connectivity index (χ1) is 8.70. The Morgan fingerprint density at radius 1 is 1.11 bits per heavy atom. The van der Waals surface area contributed by atoms with Crippen LogP contribution in [0, 0.1) is 5.92 Å². The van der Waals surface area contributed by atoms with Crippen LogP contribution in [-0.4, -0.2) is 55.1 Å². The van der Waals surface area contributed by atoms with E-state index in [2.05, 4.69) is 23.8 Å². The van der Waals surface area contributed by atoms with E-state index in [1.807, 2.05) is 0 Å². The summed E-state index contributed by atoms with van der Waals surface area (Å²) in [6.45, 7) is 8.10. The predicted molar refractivity (Wildman–Crippen MR) is 77.7 cm³/mol. The minimum Gasteiger partial charge on any atom is -0.329 e. The smallest absolute Gasteiger partial charge is 0.0332 e. The molecule has 2 fully saturated rings. The molecule has 3 nitrogen and oxygen atoms in total. The molecule has 0 bridgehead atoms. The maximum atomic E-state index is 6.19. The van der Waals surface area contributed by atoms with Crippen molar-refractivity contribution < 1.29 is 0 Å². The molecule has 3 heteroatoms. The molecule has 0 unspecified atom stereocenters. The lowest BCUT2D eigenvalue weighted by Crippen LogP contribution is -2.56. The Bertz CT molecular complexity index is 246. The molecule has 0 radical (unpaired) electrons. The van der Waals surface area contributed by atoms with E-state index in [-0.39, 0.29) is 0 Å². The summed E-state index contributed by atoms with van der Waals surface area (Å²) in [4.78, 5) is 5.18. The van der Waals surface area contributed by atoms with E-state index in [4.69, 9.17) is 5.73 Å². The molecule has 1 saturated heterocycles. The standard InChI is InChI=1S/C15H31N3/c1-3-14-5-7-15(13-16,8-6-14)18-10-4-9-17(2)11-12-18/h14H,3-13,16H2,1-2H3. The van der Waals surface area contributed by atoms with Gasteiger partial charge < -0.3 is 10.6 Å². The Morgan fingerprint density at radius 2 is 1.83 bits per heavy atom. The van der Waals surface area contributed by atoms with Crippen LogP contribution in [0.15, 0.2) is 0 Å². The molecule has 0 aromatic rings. The zero-order valence-corrected chi connectivity index (χ0v) is 12.3. The second-order valence-corrected chi connectivity index (χ2v) is 6.42. The number of nitrogens with two attached hydrogens (primary N) is 1. The van der Waals surface area contributed by atoms with Crippen LogP contribution in [0.25, 0.3) is 0 Å². The van der Waals surface area contributed by atoms with Gasteiger partial charge in [0.05, 0.1) is 0 Å². The second-order valence-electron chi connectivity index (χ2n) is 6.42. The lowest BCUT2D eigenvalue weighted by molar-refractivity contribution is 0.0452. The first kappa shape index (κ1) is 14.3. The van der Waals surface area contributed by atoms with Crippen LogP contribution < -0.4 is 5.73 Å². The van der Waals surface area contributed by atoms with E-state index < -0.39 is 0 Å². The summed E-state index contributed by atoms with van der Waals surface area (Å²) in [5.74, 6) is 0.958. The highest BCUT2D eigenvalue weighted by molar-refractivity contribution is 4.96. The quantitative estimate of drug-likeness (QED) is 0.834. The summed E-state index contributed by atoms with van der Waals surface area (Å²) >= 11 is 0. The zero-order valence-electron chi connectivity index (χ0n) is 12.3. The summed E-state index contributed by atoms with van der Waals surface area (Å²) < 4.78 is 0. The summed E-state index contributed by atoms with van der Waals surface area (Å²) in [6.07, 6.45) is 8.08. The van der Waals surface area contributed by atoms with Crippen LogP contribution in [0.5, 0.6) is 0 Å². The van der Waals surface area contributed by atoms with Crippen molar-refractivity contribution in [3.05, 3.63) is 0 Å². The zero-order chi connectivity index (χ0) is 13.0. The highest BCUT2D eigenvalue weighted by Gasteiger charge is 2.38. The highest BCUT2D eigenvalue weighted by atomic mass is 15.3. The Balaban J connectivity index is 1.98. The highest BCUT2D eigenvalue weighted by Crippen LogP contribution is 2.37. The van der Waals surface area contributed by atoms with E-state index in [1.165, 1.54) is 64.7 Å². The second kappa shape index (κ2) is 6.36. The average Bonchev–Trinajstić information content (AvgIpc) is 2.64. The van der Waals surface area contributed by atoms with Crippen LogP contribution in [0.4, 0.5) is 0 Å². The van der Waals surface area contributed by atoms with Gasteiger partial charge in [0, 0.05) is 31.7 Å². The van der Waals surface area contributed by atoms with Gasteiger partial charge in [0.1, 0.15) is 0 Å². The molecule has 2 N–H and O–H groups in total. The van der Waals surface area contributed by atoms with Gasteiger partial charge in [-0.05, 0) is 51.6 Å². The van der Waals surface area contributed by atoms with Gasteiger partial charge in [0.15, 0.2) is 0 Å². The predicted octanol–water partition coefficient (Wildman–Crippen LogP) is 1.92. The third-order valence-corrected chi connectivity index (χ3v) is 5.38. The Kier molecular flexibility index (Phi) is 5.05. The molecule has 0 spiro atoms. The van der Waals surface area contributed by atoms with Crippen molar-refractivity contribution in [1.29, 1.82) is 0 Å². The molecule has 106 valence electrons. The fraction of sp³-hybridized carbons (Fsp3) is 1.00. The van der Waals surface area contributed by atoms with Crippen molar-refractivity contribution >= 4 is 0 Å². The van der Waals surface area contributed by atoms with Gasteiger partial charge in [-0.1, -0.05) is 13.3 Å². The van der Waals surface area contributed by atoms with Crippen LogP contribution in [-0.2, 0) is 0 Å². The fourth-order valence-electron chi connectivity index (χ4n) is 3.79. The van der Waals surface area contributed by atoms with Crippen LogP contribution in [0.2, 0.25) is 0 Å². The summed E-state index contributed by atoms with van der Waals surface area (Å²) in [7, 11) is 2.24. The monoisotopic (exact) mass is 253 g/mol. The van der Waals surface area contributed by atoms with Gasteiger partial charge in [-0.25, -0.2) is 0 Å². The molecular formula is C15H31N3. The van der Waals surface area contributed by atoms with Gasteiger partial charge in [0.2, 0.25) is 0 Å². The van der Waals surface area contributed by atoms with Gasteiger partial charge in [0.25, 0.3) is 0 Å². The number of nitrogens with zero attached hydrogens (tertiary/aromatic N) is 2. The molecule has 0 aromatic heterocycles. The topological polar surface area (TPSA) is 32.5 Å². The van der Waals surface area contributed by atoms with Crippen molar-refractivity contribution in [3.63, 3.8) is 0 Å². The molecule has 1 saturated carbocycles. The molecule has 1 heterocycles. The molecule has 1 aliphatic carbocycles. The summed E-state index contributed by atoms with van der Waals surface area (Å²) in [6, 6.07) is 0. The van der Waals surface area contributed by atoms with Crippen molar-refractivity contribution in [2.24, 2.45) is 11.7 Å². The Hall–Kier alpha value is -0.120. The maximum absolute atomic E-state index is 6.19. The van der Waals surface area contributed by atoms with Gasteiger partial charge in [-0.15, -0.1) is 0 Å². The maximum Gasteiger partial charge on any atom is 0.0332 e. The number of hydrogen-bond acceptors (Lipinski definition) is 3. The lowest BCUT2D eigenvalue weighted by Gasteiger charge is -2.47. The Labute approximate surface area is 113 Å². The first-order valence-electron chi connectivity index (χ1n) is 7.84. The lowest BCUT2D eigenvalue weighted by atomic mass is 9.74. The molecule has 2 aliphatic rings. The number of hydrogen-bond donors (Lipinski definition) is 1. The minimum absolute atomic E-state index is 0.330. The molecule has 18 heavy (non-hydrogen) atoms. The molecule has 1 aliphatic heterocycles. The normalized spacial score (nSPS) is 36.5. The van der Waals surface area contributed by atoms with E-state index in [9.17, 15) is 0 Å². The van der Waals surface area contributed by atoms with Crippen molar-refractivity contribution in [2.45, 2.75) is 51.0 Å². The summed E-state index contributed by atoms with van der Waals surface area (Å²) in [5, 5.41) is 0. The molecule has 2 rings (SSSR count). The third-order valence-electron chi connectivity index (χ3n) is 5.38. The van der Waals surface area contributed by atoms with Gasteiger partial charge >= 0.3 is 0 Å². The molecule has 0 atom stereocenters. The molecular weight excluding hydrogens is 222 g/mol. The van der Waals surface area contributed by atoms with Crippen molar-refractivity contribution in [2.75, 3.05) is 39.8 Å². The van der Waals surface area contributed by atoms with Gasteiger partial charge in [-0.3, -0.25) is 4.90 Å². The van der Waals surface area contributed by atoms with E-state index in [0.717, 1.165) is 12.5 Å². The largest absolute Gasteiger partial charge is 0.329 e. The third kappa shape index (κ3) is 3.06. The van der Waals surface area contributed by atoms with E-state index in [0.29, 0.717) is 5.54 Å². The SMILES string of the molecule is CCC1CCC(CN)(N2CCCN(C)CC2)CC1. The van der Waals surface area contributed by atoms with Gasteiger partial charge in [-0.2, -0.15) is 0 Å². The van der Waals surface area contributed by atoms with Crippen LogP contribution in [0.1, 0.15) is 45.4 Å². The van der Waals surface area contributed by atoms with Crippen molar-refractivity contribution in [3.8, 4) is 0 Å². The minimum atomic E-state index is 0.330. The average molecular weight is 253 g/mol.